The minimum Gasteiger partial charge on any atom is -0.504 e. The zero-order valence-corrected chi connectivity index (χ0v) is 55.2. The van der Waals surface area contributed by atoms with Crippen molar-refractivity contribution in [3.63, 3.8) is 0 Å². The number of aromatic hydroxyl groups is 1. The van der Waals surface area contributed by atoms with Gasteiger partial charge in [-0.3, -0.25) is 42.9 Å². The van der Waals surface area contributed by atoms with E-state index in [0.717, 1.165) is 71.7 Å². The molecule has 13 atom stereocenters. The summed E-state index contributed by atoms with van der Waals surface area (Å²) in [7, 11) is -5.25. The second-order valence-corrected chi connectivity index (χ2v) is 27.2. The van der Waals surface area contributed by atoms with E-state index in [9.17, 15) is 87.1 Å². The quantitative estimate of drug-likeness (QED) is 0.0488. The lowest BCUT2D eigenvalue weighted by atomic mass is 9.87. The van der Waals surface area contributed by atoms with Crippen LogP contribution in [-0.4, -0.2) is 234 Å². The minimum absolute atomic E-state index is 0.0723. The number of rotatable bonds is 18. The maximum atomic E-state index is 15.0. The standard InChI is InChI=1S/C65H85N11O21S/c1-31(2)30-95-42-13-10-38(11-14-42)63-73-57(74-96-63)37-8-6-35(7-9-37)39-12-15-43(44(23-39)36-17-19-67-20-18-36)58(85)69-45-24-40(78)27-68-62(89)55-56(84)32(3)28-76(55)65(91)54(49(82)26-51(66)83)72-61(88)53(48(81)21-34-5-16-47(80)50(22-34)97-98(92,93)94)71-60(87)46-25-41(79)29-75(46)64(90)52(33(4)77)70-59(45)86/h5-9,12,15-17,22-23,31-33,38,40-42,45-46,48-49,52-56,67,77-82,84H,10-11,13-14,18-21,24-30H2,1-4H3,(H2,66,83)(H,68,89)(H,69,85)(H,70,86)(H,71,87)(H,72,88)(H,92,93,94)/t32-,33+,38?,40+,41+,42?,45-,46-,48+,49+,52-,53-,54-,55-,56-/m0/s1. The van der Waals surface area contributed by atoms with E-state index in [4.69, 9.17) is 20.0 Å². The molecule has 3 aromatic carbocycles. The van der Waals surface area contributed by atoms with Gasteiger partial charge in [-0.15, -0.1) is 0 Å². The molecule has 9 rings (SSSR count). The fourth-order valence-corrected chi connectivity index (χ4v) is 13.3. The van der Waals surface area contributed by atoms with Crippen LogP contribution in [0.4, 0.5) is 0 Å². The van der Waals surface area contributed by atoms with Gasteiger partial charge in [-0.25, -0.2) is 0 Å². The van der Waals surface area contributed by atoms with E-state index in [1.807, 2.05) is 36.4 Å². The van der Waals surface area contributed by atoms with Crippen molar-refractivity contribution in [2.45, 2.75) is 170 Å². The van der Waals surface area contributed by atoms with Crippen LogP contribution in [0.1, 0.15) is 112 Å². The zero-order chi connectivity index (χ0) is 71.0. The molecule has 0 spiro atoms. The number of amides is 8. The Labute approximate surface area is 564 Å². The fourth-order valence-electron chi connectivity index (χ4n) is 12.9. The van der Waals surface area contributed by atoms with E-state index in [1.165, 1.54) is 6.92 Å². The van der Waals surface area contributed by atoms with E-state index < -0.39 is 193 Å². The molecule has 0 unspecified atom stereocenters. The number of hydrogen-bond donors (Lipinski definition) is 15. The highest BCUT2D eigenvalue weighted by atomic mass is 32.3. The van der Waals surface area contributed by atoms with E-state index in [1.54, 1.807) is 12.1 Å². The summed E-state index contributed by atoms with van der Waals surface area (Å²) in [4.78, 5) is 122. The highest BCUT2D eigenvalue weighted by molar-refractivity contribution is 7.81. The highest BCUT2D eigenvalue weighted by Crippen LogP contribution is 2.36. The molecule has 8 amide bonds. The number of fused-ring (bicyclic) bond motifs is 2. The molecular formula is C65H85N11O21S. The number of benzene rings is 3. The van der Waals surface area contributed by atoms with Gasteiger partial charge >= 0.3 is 10.4 Å². The molecule has 33 heteroatoms. The third kappa shape index (κ3) is 18.2. The molecule has 98 heavy (non-hydrogen) atoms. The number of nitrogens with zero attached hydrogens (tertiary/aromatic N) is 4. The molecule has 0 bridgehead atoms. The predicted molar refractivity (Wildman–Crippen MR) is 345 cm³/mol. The maximum absolute atomic E-state index is 15.0. The number of carbonyl (C=O) groups is 8. The summed E-state index contributed by atoms with van der Waals surface area (Å²) < 4.78 is 48.8. The van der Waals surface area contributed by atoms with Crippen molar-refractivity contribution in [2.24, 2.45) is 17.6 Å². The van der Waals surface area contributed by atoms with Gasteiger partial charge in [0, 0.05) is 75.0 Å². The molecule has 4 aliphatic heterocycles. The molecule has 5 aliphatic rings. The summed E-state index contributed by atoms with van der Waals surface area (Å²) in [6.45, 7) is 6.67. The Morgan fingerprint density at radius 2 is 1.46 bits per heavy atom. The third-order valence-corrected chi connectivity index (χ3v) is 18.5. The average Bonchev–Trinajstić information content (AvgIpc) is 1.48. The number of β-amino-alcohol motifs (C(OH)–C–C–N with tert-alkyl or cyclic N) is 1. The summed E-state index contributed by atoms with van der Waals surface area (Å²) in [6.07, 6.45) is -8.17. The molecule has 32 nitrogen and oxygen atoms in total. The summed E-state index contributed by atoms with van der Waals surface area (Å²) in [5, 5.41) is 98.9. The van der Waals surface area contributed by atoms with Crippen LogP contribution in [0.5, 0.6) is 11.5 Å². The van der Waals surface area contributed by atoms with Gasteiger partial charge in [-0.05, 0) is 104 Å². The first-order valence-corrected chi connectivity index (χ1v) is 33.9. The zero-order valence-electron chi connectivity index (χ0n) is 54.4. The summed E-state index contributed by atoms with van der Waals surface area (Å²) >= 11 is 0. The Morgan fingerprint density at radius 3 is 2.12 bits per heavy atom. The minimum atomic E-state index is -5.25. The summed E-state index contributed by atoms with van der Waals surface area (Å²) in [6, 6.07) is 3.28. The van der Waals surface area contributed by atoms with E-state index in [0.29, 0.717) is 60.4 Å². The second-order valence-electron chi connectivity index (χ2n) is 26.2. The molecule has 4 aromatic rings. The number of aliphatic hydroxyl groups is 6. The van der Waals surface area contributed by atoms with Crippen molar-refractivity contribution in [3.8, 4) is 34.0 Å². The molecular weight excluding hydrogens is 1300 g/mol. The van der Waals surface area contributed by atoms with Crippen molar-refractivity contribution in [1.82, 2.24) is 51.8 Å². The molecule has 532 valence electrons. The number of carbonyl (C=O) groups excluding carboxylic acids is 8. The SMILES string of the molecule is CC(C)COC1CCC(c2nc(-c3ccc(-c4ccc(C(=O)N[C@H]5C[C@@H](O)CNC(=O)[C@@H]6[C@@H](O)[C@@H](C)CN6C(=O)[C@H]([C@H](O)CC(N)=O)NC(=O)[C@H]([C@H](O)Cc6ccc(O)c(OS(=O)(=O)O)c6)NC(=O)[C@@H]6C[C@@H](O)CN6C(=O)[C@H]([C@@H](C)O)NC5=O)c(C5=CCNCC5)c4)cc3)no2)CC1. The van der Waals surface area contributed by atoms with Gasteiger partial charge in [0.1, 0.15) is 36.3 Å². The lowest BCUT2D eigenvalue weighted by Crippen LogP contribution is -2.64. The predicted octanol–water partition coefficient (Wildman–Crippen LogP) is -1.81. The first-order chi connectivity index (χ1) is 46.4. The van der Waals surface area contributed by atoms with E-state index in [2.05, 4.69) is 55.1 Å². The lowest BCUT2D eigenvalue weighted by molar-refractivity contribution is -0.147. The van der Waals surface area contributed by atoms with Crippen LogP contribution < -0.4 is 41.8 Å². The molecule has 4 fully saturated rings. The molecule has 5 heterocycles. The average molecular weight is 1390 g/mol. The number of phenols is 1. The Kier molecular flexibility index (Phi) is 24.1. The van der Waals surface area contributed by atoms with Gasteiger partial charge < -0.3 is 96.6 Å². The van der Waals surface area contributed by atoms with Gasteiger partial charge in [0.15, 0.2) is 11.5 Å². The number of primary amides is 1. The molecule has 0 radical (unpaired) electrons. The van der Waals surface area contributed by atoms with Gasteiger partial charge in [-0.1, -0.05) is 68.4 Å². The lowest BCUT2D eigenvalue weighted by Gasteiger charge is -2.33. The first kappa shape index (κ1) is 73.7. The van der Waals surface area contributed by atoms with Crippen LogP contribution in [0.2, 0.25) is 0 Å². The smallest absolute Gasteiger partial charge is 0.446 e. The van der Waals surface area contributed by atoms with Crippen LogP contribution >= 0.6 is 0 Å². The number of nitrogens with one attached hydrogen (secondary N) is 6. The molecule has 16 N–H and O–H groups in total. The number of nitrogens with two attached hydrogens (primary N) is 1. The highest BCUT2D eigenvalue weighted by Gasteiger charge is 2.50. The molecule has 3 saturated heterocycles. The molecule has 1 saturated carbocycles. The van der Waals surface area contributed by atoms with Crippen LogP contribution in [0.15, 0.2) is 71.3 Å². The largest absolute Gasteiger partial charge is 0.504 e. The second kappa shape index (κ2) is 32.0. The maximum Gasteiger partial charge on any atom is 0.446 e. The van der Waals surface area contributed by atoms with E-state index >= 15 is 0 Å². The van der Waals surface area contributed by atoms with Crippen molar-refractivity contribution in [2.75, 3.05) is 39.3 Å². The summed E-state index contributed by atoms with van der Waals surface area (Å²) in [5.74, 6) is -10.7. The van der Waals surface area contributed by atoms with Gasteiger partial charge in [0.2, 0.25) is 53.1 Å². The van der Waals surface area contributed by atoms with E-state index in [-0.39, 0.29) is 23.1 Å². The van der Waals surface area contributed by atoms with Crippen LogP contribution in [0, 0.1) is 11.8 Å². The normalized spacial score (nSPS) is 27.4. The van der Waals surface area contributed by atoms with Crippen molar-refractivity contribution >= 4 is 63.2 Å². The Hall–Kier alpha value is -8.51. The van der Waals surface area contributed by atoms with Crippen molar-refractivity contribution in [1.29, 1.82) is 0 Å². The monoisotopic (exact) mass is 1390 g/mol. The van der Waals surface area contributed by atoms with Crippen LogP contribution in [0.3, 0.4) is 0 Å². The van der Waals surface area contributed by atoms with Crippen LogP contribution in [-0.2, 0) is 55.1 Å². The Morgan fingerprint density at radius 1 is 0.786 bits per heavy atom. The number of ether oxygens (including phenoxy) is 1. The Bertz CT molecular complexity index is 3730. The number of phenolic OH excluding ortho intramolecular Hbond substituents is 1. The fraction of sp³-hybridized carbons (Fsp3) is 0.538. The third-order valence-electron chi connectivity index (χ3n) is 18.1. The van der Waals surface area contributed by atoms with Gasteiger partial charge in [0.25, 0.3) is 5.91 Å². The number of hydrogen-bond acceptors (Lipinski definition) is 23. The molecule has 1 aromatic heterocycles. The number of aliphatic hydroxyl groups excluding tert-OH is 6. The van der Waals surface area contributed by atoms with Crippen molar-refractivity contribution in [3.05, 3.63) is 89.3 Å². The Balaban J connectivity index is 1.02. The van der Waals surface area contributed by atoms with Gasteiger partial charge in [0.05, 0.1) is 49.1 Å². The van der Waals surface area contributed by atoms with Crippen molar-refractivity contribution < 1.29 is 101 Å². The summed E-state index contributed by atoms with van der Waals surface area (Å²) in [5.41, 5.74) is 8.75. The first-order valence-electron chi connectivity index (χ1n) is 32.5. The van der Waals surface area contributed by atoms with Crippen LogP contribution in [0.25, 0.3) is 28.1 Å². The van der Waals surface area contributed by atoms with Gasteiger partial charge in [-0.2, -0.15) is 13.4 Å². The number of aromatic nitrogens is 2. The molecule has 1 aliphatic carbocycles. The topological polar surface area (TPSA) is 495 Å².